The van der Waals surface area contributed by atoms with E-state index in [0.29, 0.717) is 12.6 Å². The van der Waals surface area contributed by atoms with Crippen molar-refractivity contribution in [1.29, 1.82) is 0 Å². The molecule has 0 saturated heterocycles. The molecule has 3 N–H and O–H groups in total. The van der Waals surface area contributed by atoms with Crippen LogP contribution in [0.2, 0.25) is 0 Å². The third kappa shape index (κ3) is 2.70. The second kappa shape index (κ2) is 4.78. The van der Waals surface area contributed by atoms with Crippen molar-refractivity contribution in [2.24, 2.45) is 11.7 Å². The number of nitrogens with zero attached hydrogens (tertiary/aromatic N) is 2. The van der Waals surface area contributed by atoms with Gasteiger partial charge in [-0.05, 0) is 32.1 Å². The Kier molecular flexibility index (Phi) is 3.39. The van der Waals surface area contributed by atoms with Crippen LogP contribution in [-0.2, 0) is 6.42 Å². The van der Waals surface area contributed by atoms with Crippen LogP contribution in [0.1, 0.15) is 31.3 Å². The topological polar surface area (TPSA) is 63.8 Å². The number of nitrogens with one attached hydrogen (secondary N) is 1. The molecule has 4 heteroatoms. The van der Waals surface area contributed by atoms with Crippen LogP contribution in [0.3, 0.4) is 0 Å². The van der Waals surface area contributed by atoms with Crippen molar-refractivity contribution in [2.45, 2.75) is 39.2 Å². The van der Waals surface area contributed by atoms with Gasteiger partial charge in [-0.15, -0.1) is 0 Å². The molecule has 1 atom stereocenters. The number of nitrogens with two attached hydrogens (primary N) is 1. The highest BCUT2D eigenvalue weighted by Crippen LogP contribution is 2.33. The summed E-state index contributed by atoms with van der Waals surface area (Å²) in [7, 11) is 0. The molecule has 0 spiro atoms. The Morgan fingerprint density at radius 2 is 2.25 bits per heavy atom. The minimum Gasteiger partial charge on any atom is -0.366 e. The van der Waals surface area contributed by atoms with E-state index in [-0.39, 0.29) is 0 Å². The maximum Gasteiger partial charge on any atom is 0.130 e. The van der Waals surface area contributed by atoms with Crippen molar-refractivity contribution >= 4 is 5.82 Å². The van der Waals surface area contributed by atoms with Gasteiger partial charge in [0.15, 0.2) is 0 Å². The zero-order valence-corrected chi connectivity index (χ0v) is 10.0. The molecule has 1 unspecified atom stereocenters. The minimum atomic E-state index is 0.374. The maximum atomic E-state index is 5.76. The van der Waals surface area contributed by atoms with Gasteiger partial charge in [-0.2, -0.15) is 0 Å². The maximum absolute atomic E-state index is 5.76. The van der Waals surface area contributed by atoms with Crippen LogP contribution in [0, 0.1) is 12.8 Å². The summed E-state index contributed by atoms with van der Waals surface area (Å²) < 4.78 is 0. The number of aryl methyl sites for hydroxylation is 2. The van der Waals surface area contributed by atoms with Crippen LogP contribution in [0.15, 0.2) is 6.07 Å². The number of anilines is 1. The lowest BCUT2D eigenvalue weighted by Gasteiger charge is -2.17. The average Bonchev–Trinajstić information content (AvgIpc) is 3.09. The first-order chi connectivity index (χ1) is 7.72. The highest BCUT2D eigenvalue weighted by Gasteiger charge is 2.30. The van der Waals surface area contributed by atoms with Gasteiger partial charge in [0, 0.05) is 24.3 Å². The molecule has 1 heterocycles. The zero-order valence-electron chi connectivity index (χ0n) is 10.0. The largest absolute Gasteiger partial charge is 0.366 e. The highest BCUT2D eigenvalue weighted by atomic mass is 15.1. The summed E-state index contributed by atoms with van der Waals surface area (Å²) in [6, 6.07) is 2.40. The van der Waals surface area contributed by atoms with Crippen LogP contribution >= 0.6 is 0 Å². The molecule has 0 radical (unpaired) electrons. The molecule has 1 aromatic rings. The number of aromatic nitrogens is 2. The average molecular weight is 220 g/mol. The first kappa shape index (κ1) is 11.3. The third-order valence-corrected chi connectivity index (χ3v) is 3.03. The molecule has 0 amide bonds. The van der Waals surface area contributed by atoms with Gasteiger partial charge in [-0.1, -0.05) is 6.92 Å². The van der Waals surface area contributed by atoms with E-state index in [1.54, 1.807) is 0 Å². The van der Waals surface area contributed by atoms with E-state index in [0.717, 1.165) is 29.7 Å². The molecule has 1 aliphatic carbocycles. The molecule has 0 aromatic carbocycles. The van der Waals surface area contributed by atoms with Gasteiger partial charge in [0.2, 0.25) is 0 Å². The quantitative estimate of drug-likeness (QED) is 0.789. The van der Waals surface area contributed by atoms with Gasteiger partial charge in [-0.3, -0.25) is 0 Å². The van der Waals surface area contributed by atoms with E-state index in [2.05, 4.69) is 22.2 Å². The predicted octanol–water partition coefficient (Wildman–Crippen LogP) is 1.50. The van der Waals surface area contributed by atoms with E-state index >= 15 is 0 Å². The van der Waals surface area contributed by atoms with E-state index in [1.165, 1.54) is 12.8 Å². The van der Waals surface area contributed by atoms with Gasteiger partial charge < -0.3 is 11.1 Å². The molecular weight excluding hydrogens is 200 g/mol. The molecule has 0 aliphatic heterocycles. The monoisotopic (exact) mass is 220 g/mol. The fraction of sp³-hybridized carbons (Fsp3) is 0.667. The Morgan fingerprint density at radius 1 is 1.50 bits per heavy atom. The second-order valence-electron chi connectivity index (χ2n) is 4.47. The van der Waals surface area contributed by atoms with E-state index < -0.39 is 0 Å². The normalized spacial score (nSPS) is 17.2. The van der Waals surface area contributed by atoms with Crippen LogP contribution < -0.4 is 11.1 Å². The van der Waals surface area contributed by atoms with E-state index in [4.69, 9.17) is 5.73 Å². The first-order valence-corrected chi connectivity index (χ1v) is 6.04. The van der Waals surface area contributed by atoms with Crippen LogP contribution in [0.25, 0.3) is 0 Å². The van der Waals surface area contributed by atoms with Crippen molar-refractivity contribution in [3.05, 3.63) is 17.6 Å². The van der Waals surface area contributed by atoms with Crippen LogP contribution in [0.4, 0.5) is 5.82 Å². The fourth-order valence-corrected chi connectivity index (χ4v) is 1.94. The number of hydrogen-bond donors (Lipinski definition) is 2. The Balaban J connectivity index is 2.09. The lowest BCUT2D eigenvalue weighted by Crippen LogP contribution is -2.31. The van der Waals surface area contributed by atoms with Crippen LogP contribution in [-0.4, -0.2) is 22.6 Å². The molecule has 0 bridgehead atoms. The number of hydrogen-bond acceptors (Lipinski definition) is 4. The first-order valence-electron chi connectivity index (χ1n) is 6.04. The Morgan fingerprint density at radius 3 is 2.81 bits per heavy atom. The second-order valence-corrected chi connectivity index (χ2v) is 4.47. The SMILES string of the molecule is CCc1cc(NC(CN)C2CC2)nc(C)n1. The van der Waals surface area contributed by atoms with E-state index in [9.17, 15) is 0 Å². The standard InChI is InChI=1S/C12H20N4/c1-3-10-6-12(15-8(2)14-10)16-11(7-13)9-4-5-9/h6,9,11H,3-5,7,13H2,1-2H3,(H,14,15,16). The molecular formula is C12H20N4. The Bertz CT molecular complexity index is 360. The summed E-state index contributed by atoms with van der Waals surface area (Å²) in [5.74, 6) is 2.49. The lowest BCUT2D eigenvalue weighted by atomic mass is 10.2. The van der Waals surface area contributed by atoms with Gasteiger partial charge >= 0.3 is 0 Å². The van der Waals surface area contributed by atoms with Gasteiger partial charge in [0.05, 0.1) is 0 Å². The van der Waals surface area contributed by atoms with Gasteiger partial charge in [0.1, 0.15) is 11.6 Å². The molecule has 1 fully saturated rings. The molecule has 1 aliphatic rings. The summed E-state index contributed by atoms with van der Waals surface area (Å²) in [4.78, 5) is 8.77. The molecule has 4 nitrogen and oxygen atoms in total. The molecule has 1 saturated carbocycles. The third-order valence-electron chi connectivity index (χ3n) is 3.03. The smallest absolute Gasteiger partial charge is 0.130 e. The molecule has 1 aromatic heterocycles. The summed E-state index contributed by atoms with van der Waals surface area (Å²) >= 11 is 0. The highest BCUT2D eigenvalue weighted by molar-refractivity contribution is 5.38. The Hall–Kier alpha value is -1.16. The van der Waals surface area contributed by atoms with Crippen molar-refractivity contribution in [3.63, 3.8) is 0 Å². The van der Waals surface area contributed by atoms with Crippen LogP contribution in [0.5, 0.6) is 0 Å². The summed E-state index contributed by atoms with van der Waals surface area (Å²) in [5.41, 5.74) is 6.85. The van der Waals surface area contributed by atoms with Crippen molar-refractivity contribution in [3.8, 4) is 0 Å². The van der Waals surface area contributed by atoms with Crippen molar-refractivity contribution in [1.82, 2.24) is 9.97 Å². The number of rotatable bonds is 5. The van der Waals surface area contributed by atoms with Crippen molar-refractivity contribution in [2.75, 3.05) is 11.9 Å². The predicted molar refractivity (Wildman–Crippen MR) is 65.3 cm³/mol. The van der Waals surface area contributed by atoms with Gasteiger partial charge in [0.25, 0.3) is 0 Å². The molecule has 2 rings (SSSR count). The summed E-state index contributed by atoms with van der Waals surface area (Å²) in [5, 5.41) is 3.43. The Labute approximate surface area is 96.7 Å². The van der Waals surface area contributed by atoms with Crippen molar-refractivity contribution < 1.29 is 0 Å². The van der Waals surface area contributed by atoms with Gasteiger partial charge in [-0.25, -0.2) is 9.97 Å². The molecule has 16 heavy (non-hydrogen) atoms. The summed E-state index contributed by atoms with van der Waals surface area (Å²) in [6.45, 7) is 4.71. The lowest BCUT2D eigenvalue weighted by molar-refractivity contribution is 0.641. The summed E-state index contributed by atoms with van der Waals surface area (Å²) in [6.07, 6.45) is 3.52. The molecule has 88 valence electrons. The minimum absolute atomic E-state index is 0.374. The zero-order chi connectivity index (χ0) is 11.5. The van der Waals surface area contributed by atoms with E-state index in [1.807, 2.05) is 13.0 Å². The fourth-order valence-electron chi connectivity index (χ4n) is 1.94.